The van der Waals surface area contributed by atoms with E-state index < -0.39 is 16.1 Å². The van der Waals surface area contributed by atoms with Crippen molar-refractivity contribution >= 4 is 39.1 Å². The molecule has 0 aliphatic rings. The van der Waals surface area contributed by atoms with E-state index in [-0.39, 0.29) is 37.2 Å². The molecule has 0 unspecified atom stereocenters. The zero-order chi connectivity index (χ0) is 30.9. The van der Waals surface area contributed by atoms with Crippen LogP contribution < -0.4 is 9.62 Å². The van der Waals surface area contributed by atoms with Gasteiger partial charge < -0.3 is 10.2 Å². The standard InChI is InChI=1S/C33H42ClN3O4S/c1-24(2)22-35-33(39)31(21-27-12-7-6-8-13-27)36(23-28-16-18-29(34)19-17-28)32(38)15-10-20-37(42(5,40)41)30-14-9-11-25(3)26(30)4/h6-9,11-14,16-19,24,31H,10,15,20-23H2,1-5H3,(H,35,39)/t31-/m0/s1. The normalized spacial score (nSPS) is 12.2. The SMILES string of the molecule is Cc1cccc(N(CCCC(=O)N(Cc2ccc(Cl)cc2)[C@@H](Cc2ccccc2)C(=O)NCC(C)C)S(C)(=O)=O)c1C. The van der Waals surface area contributed by atoms with Gasteiger partial charge in [0, 0.05) is 37.5 Å². The predicted molar refractivity (Wildman–Crippen MR) is 171 cm³/mol. The van der Waals surface area contributed by atoms with Crippen LogP contribution in [0.2, 0.25) is 5.02 Å². The fraction of sp³-hybridized carbons (Fsp3) is 0.394. The molecule has 0 bridgehead atoms. The van der Waals surface area contributed by atoms with Crippen LogP contribution in [0, 0.1) is 19.8 Å². The lowest BCUT2D eigenvalue weighted by Crippen LogP contribution is -2.51. The van der Waals surface area contributed by atoms with Gasteiger partial charge in [-0.05, 0) is 66.6 Å². The number of hydrogen-bond donors (Lipinski definition) is 1. The van der Waals surface area contributed by atoms with Crippen LogP contribution in [0.25, 0.3) is 0 Å². The van der Waals surface area contributed by atoms with Crippen molar-refractivity contribution in [3.63, 3.8) is 0 Å². The molecule has 42 heavy (non-hydrogen) atoms. The molecule has 3 aromatic rings. The van der Waals surface area contributed by atoms with Gasteiger partial charge in [-0.3, -0.25) is 13.9 Å². The lowest BCUT2D eigenvalue weighted by atomic mass is 10.0. The smallest absolute Gasteiger partial charge is 0.243 e. The Kier molecular flexibility index (Phi) is 12.0. The first-order valence-electron chi connectivity index (χ1n) is 14.3. The number of hydrogen-bond acceptors (Lipinski definition) is 4. The van der Waals surface area contributed by atoms with Gasteiger partial charge in [-0.2, -0.15) is 0 Å². The summed E-state index contributed by atoms with van der Waals surface area (Å²) in [5.41, 5.74) is 4.26. The van der Waals surface area contributed by atoms with Crippen molar-refractivity contribution in [1.82, 2.24) is 10.2 Å². The van der Waals surface area contributed by atoms with E-state index in [1.807, 2.05) is 82.3 Å². The van der Waals surface area contributed by atoms with Crippen molar-refractivity contribution in [1.29, 1.82) is 0 Å². The maximum Gasteiger partial charge on any atom is 0.243 e. The number of rotatable bonds is 14. The largest absolute Gasteiger partial charge is 0.354 e. The second-order valence-corrected chi connectivity index (χ2v) is 13.5. The van der Waals surface area contributed by atoms with E-state index in [2.05, 4.69) is 5.32 Å². The van der Waals surface area contributed by atoms with Gasteiger partial charge >= 0.3 is 0 Å². The second-order valence-electron chi connectivity index (χ2n) is 11.2. The molecule has 0 saturated carbocycles. The summed E-state index contributed by atoms with van der Waals surface area (Å²) in [5.74, 6) is -0.193. The highest BCUT2D eigenvalue weighted by Crippen LogP contribution is 2.26. The summed E-state index contributed by atoms with van der Waals surface area (Å²) in [7, 11) is -3.58. The third-order valence-electron chi connectivity index (χ3n) is 7.22. The Morgan fingerprint density at radius 1 is 0.905 bits per heavy atom. The predicted octanol–water partition coefficient (Wildman–Crippen LogP) is 5.92. The van der Waals surface area contributed by atoms with E-state index in [9.17, 15) is 18.0 Å². The Morgan fingerprint density at radius 2 is 1.57 bits per heavy atom. The van der Waals surface area contributed by atoms with Gasteiger partial charge in [-0.1, -0.05) is 80.0 Å². The van der Waals surface area contributed by atoms with E-state index >= 15 is 0 Å². The minimum Gasteiger partial charge on any atom is -0.354 e. The number of amides is 2. The van der Waals surface area contributed by atoms with Gasteiger partial charge in [0.25, 0.3) is 0 Å². The average Bonchev–Trinajstić information content (AvgIpc) is 2.94. The molecular formula is C33H42ClN3O4S. The minimum absolute atomic E-state index is 0.0766. The molecule has 1 atom stereocenters. The molecule has 2 amide bonds. The van der Waals surface area contributed by atoms with E-state index in [4.69, 9.17) is 11.6 Å². The third kappa shape index (κ3) is 9.60. The van der Waals surface area contributed by atoms with Gasteiger partial charge in [0.2, 0.25) is 21.8 Å². The first kappa shape index (κ1) is 33.1. The van der Waals surface area contributed by atoms with E-state index in [0.29, 0.717) is 30.1 Å². The Morgan fingerprint density at radius 3 is 2.19 bits per heavy atom. The Balaban J connectivity index is 1.89. The molecule has 0 radical (unpaired) electrons. The Labute approximate surface area is 255 Å². The number of aryl methyl sites for hydroxylation is 1. The number of halogens is 1. The molecule has 3 aromatic carbocycles. The van der Waals surface area contributed by atoms with Crippen LogP contribution in [0.3, 0.4) is 0 Å². The fourth-order valence-corrected chi connectivity index (χ4v) is 5.89. The number of nitrogens with zero attached hydrogens (tertiary/aromatic N) is 2. The van der Waals surface area contributed by atoms with Gasteiger partial charge in [-0.15, -0.1) is 0 Å². The third-order valence-corrected chi connectivity index (χ3v) is 8.65. The molecule has 3 rings (SSSR count). The van der Waals surface area contributed by atoms with Crippen LogP contribution in [0.1, 0.15) is 48.9 Å². The van der Waals surface area contributed by atoms with E-state index in [1.165, 1.54) is 10.6 Å². The first-order valence-corrected chi connectivity index (χ1v) is 16.5. The van der Waals surface area contributed by atoms with Gasteiger partial charge in [0.1, 0.15) is 6.04 Å². The molecule has 0 fully saturated rings. The van der Waals surface area contributed by atoms with Crippen LogP contribution >= 0.6 is 11.6 Å². The van der Waals surface area contributed by atoms with Crippen molar-refractivity contribution in [3.8, 4) is 0 Å². The summed E-state index contributed by atoms with van der Waals surface area (Å²) in [4.78, 5) is 29.1. The summed E-state index contributed by atoms with van der Waals surface area (Å²) in [6.07, 6.45) is 1.90. The minimum atomic E-state index is -3.58. The number of benzene rings is 3. The molecule has 0 aliphatic heterocycles. The molecule has 0 spiro atoms. The zero-order valence-corrected chi connectivity index (χ0v) is 26.7. The first-order chi connectivity index (χ1) is 19.9. The topological polar surface area (TPSA) is 86.8 Å². The van der Waals surface area contributed by atoms with Crippen molar-refractivity contribution < 1.29 is 18.0 Å². The fourth-order valence-electron chi connectivity index (χ4n) is 4.75. The van der Waals surface area contributed by atoms with Crippen molar-refractivity contribution in [2.24, 2.45) is 5.92 Å². The highest BCUT2D eigenvalue weighted by molar-refractivity contribution is 7.92. The van der Waals surface area contributed by atoms with Crippen molar-refractivity contribution in [2.75, 3.05) is 23.7 Å². The molecule has 0 saturated heterocycles. The molecule has 0 aromatic heterocycles. The van der Waals surface area contributed by atoms with Crippen LogP contribution in [0.4, 0.5) is 5.69 Å². The molecular weight excluding hydrogens is 570 g/mol. The summed E-state index contributed by atoms with van der Waals surface area (Å²) < 4.78 is 26.9. The van der Waals surface area contributed by atoms with E-state index in [1.54, 1.807) is 23.1 Å². The van der Waals surface area contributed by atoms with Crippen molar-refractivity contribution in [3.05, 3.63) is 100 Å². The highest BCUT2D eigenvalue weighted by atomic mass is 35.5. The van der Waals surface area contributed by atoms with Gasteiger partial charge in [0.05, 0.1) is 11.9 Å². The molecule has 0 heterocycles. The average molecular weight is 612 g/mol. The summed E-state index contributed by atoms with van der Waals surface area (Å²) in [5, 5.41) is 3.60. The monoisotopic (exact) mass is 611 g/mol. The van der Waals surface area contributed by atoms with Gasteiger partial charge in [-0.25, -0.2) is 8.42 Å². The summed E-state index contributed by atoms with van der Waals surface area (Å²) in [6, 6.07) is 21.7. The quantitative estimate of drug-likeness (QED) is 0.245. The maximum atomic E-state index is 13.9. The van der Waals surface area contributed by atoms with Gasteiger partial charge in [0.15, 0.2) is 0 Å². The van der Waals surface area contributed by atoms with Crippen LogP contribution in [-0.2, 0) is 32.6 Å². The zero-order valence-electron chi connectivity index (χ0n) is 25.1. The lowest BCUT2D eigenvalue weighted by Gasteiger charge is -2.32. The number of sulfonamides is 1. The summed E-state index contributed by atoms with van der Waals surface area (Å²) >= 11 is 6.11. The Bertz CT molecular complexity index is 1440. The van der Waals surface area contributed by atoms with E-state index in [0.717, 1.165) is 22.3 Å². The number of carbonyl (C=O) groups excluding carboxylic acids is 2. The Hall–Kier alpha value is -3.36. The maximum absolute atomic E-state index is 13.9. The molecule has 7 nitrogen and oxygen atoms in total. The number of anilines is 1. The van der Waals surface area contributed by atoms with Crippen molar-refractivity contribution in [2.45, 2.75) is 59.5 Å². The molecule has 226 valence electrons. The van der Waals surface area contributed by atoms with Crippen LogP contribution in [-0.4, -0.2) is 50.5 Å². The number of carbonyl (C=O) groups is 2. The lowest BCUT2D eigenvalue weighted by molar-refractivity contribution is -0.141. The number of nitrogens with one attached hydrogen (secondary N) is 1. The molecule has 1 N–H and O–H groups in total. The molecule has 9 heteroatoms. The highest BCUT2D eigenvalue weighted by Gasteiger charge is 2.30. The van der Waals surface area contributed by atoms with Crippen LogP contribution in [0.5, 0.6) is 0 Å². The van der Waals surface area contributed by atoms with Crippen LogP contribution in [0.15, 0.2) is 72.8 Å². The molecule has 0 aliphatic carbocycles. The second kappa shape index (κ2) is 15.2. The summed E-state index contributed by atoms with van der Waals surface area (Å²) in [6.45, 7) is 8.73.